The van der Waals surface area contributed by atoms with Crippen molar-refractivity contribution < 1.29 is 8.42 Å². The van der Waals surface area contributed by atoms with Crippen molar-refractivity contribution >= 4 is 15.5 Å². The molecule has 0 aliphatic carbocycles. The van der Waals surface area contributed by atoms with E-state index in [-0.39, 0.29) is 11.4 Å². The van der Waals surface area contributed by atoms with Gasteiger partial charge in [-0.15, -0.1) is 4.91 Å². The second-order valence-electron chi connectivity index (χ2n) is 2.79. The molecule has 0 spiro atoms. The van der Waals surface area contributed by atoms with Gasteiger partial charge in [-0.1, -0.05) is 18.2 Å². The van der Waals surface area contributed by atoms with Crippen LogP contribution in [0.3, 0.4) is 0 Å². The van der Waals surface area contributed by atoms with E-state index in [0.717, 1.165) is 6.26 Å². The number of hydrogen-bond donors (Lipinski definition) is 0. The first-order valence-electron chi connectivity index (χ1n) is 3.62. The molecule has 1 rings (SSSR count). The molecule has 70 valence electrons. The molecule has 0 unspecified atom stereocenters. The van der Waals surface area contributed by atoms with E-state index < -0.39 is 9.84 Å². The van der Waals surface area contributed by atoms with Crippen molar-refractivity contribution in [1.82, 2.24) is 0 Å². The van der Waals surface area contributed by atoms with Crippen molar-refractivity contribution in [2.24, 2.45) is 5.18 Å². The lowest BCUT2D eigenvalue weighted by atomic mass is 10.2. The minimum atomic E-state index is -3.11. The smallest absolute Gasteiger partial charge is 0.151 e. The number of benzene rings is 1. The molecule has 0 aliphatic heterocycles. The molecule has 0 N–H and O–H groups in total. The number of rotatable bonds is 3. The topological polar surface area (TPSA) is 63.6 Å². The standard InChI is InChI=1S/C8H9NO3S/c1-13(11,12)6-7-4-2-3-5-8(7)9-10/h2-5H,6H2,1H3. The van der Waals surface area contributed by atoms with Gasteiger partial charge >= 0.3 is 0 Å². The fourth-order valence-corrected chi connectivity index (χ4v) is 1.81. The van der Waals surface area contributed by atoms with Crippen LogP contribution in [0.5, 0.6) is 0 Å². The van der Waals surface area contributed by atoms with Crippen LogP contribution < -0.4 is 0 Å². The highest BCUT2D eigenvalue weighted by Gasteiger charge is 2.08. The predicted molar refractivity (Wildman–Crippen MR) is 50.4 cm³/mol. The Morgan fingerprint density at radius 3 is 2.46 bits per heavy atom. The molecule has 0 atom stereocenters. The highest BCUT2D eigenvalue weighted by atomic mass is 32.2. The summed E-state index contributed by atoms with van der Waals surface area (Å²) in [5.41, 5.74) is 0.632. The maximum atomic E-state index is 10.9. The Kier molecular flexibility index (Phi) is 2.77. The molecule has 0 aromatic heterocycles. The van der Waals surface area contributed by atoms with Gasteiger partial charge in [0.15, 0.2) is 9.84 Å². The van der Waals surface area contributed by atoms with E-state index in [9.17, 15) is 13.3 Å². The molecule has 0 aliphatic rings. The molecule has 0 saturated carbocycles. The Bertz CT molecular complexity index is 411. The maximum absolute atomic E-state index is 10.9. The predicted octanol–water partition coefficient (Wildman–Crippen LogP) is 1.63. The number of hydrogen-bond acceptors (Lipinski definition) is 4. The van der Waals surface area contributed by atoms with Gasteiger partial charge in [0.05, 0.1) is 5.75 Å². The van der Waals surface area contributed by atoms with Gasteiger partial charge in [0.1, 0.15) is 5.69 Å². The number of nitrogens with zero attached hydrogens (tertiary/aromatic N) is 1. The zero-order valence-electron chi connectivity index (χ0n) is 7.10. The van der Waals surface area contributed by atoms with Gasteiger partial charge in [-0.05, 0) is 16.8 Å². The zero-order chi connectivity index (χ0) is 9.90. The monoisotopic (exact) mass is 199 g/mol. The Balaban J connectivity index is 3.08. The summed E-state index contributed by atoms with van der Waals surface area (Å²) in [6, 6.07) is 6.39. The van der Waals surface area contributed by atoms with Crippen LogP contribution in [0.15, 0.2) is 29.4 Å². The van der Waals surface area contributed by atoms with Crippen molar-refractivity contribution in [3.63, 3.8) is 0 Å². The number of sulfone groups is 1. The van der Waals surface area contributed by atoms with E-state index in [1.165, 1.54) is 6.07 Å². The highest BCUT2D eigenvalue weighted by Crippen LogP contribution is 2.19. The van der Waals surface area contributed by atoms with Crippen molar-refractivity contribution in [2.75, 3.05) is 6.26 Å². The Morgan fingerprint density at radius 2 is 1.92 bits per heavy atom. The van der Waals surface area contributed by atoms with Crippen LogP contribution in [0.1, 0.15) is 5.56 Å². The molecule has 5 heteroatoms. The second-order valence-corrected chi connectivity index (χ2v) is 4.93. The third-order valence-electron chi connectivity index (χ3n) is 1.51. The van der Waals surface area contributed by atoms with E-state index in [0.29, 0.717) is 5.56 Å². The molecule has 1 aromatic rings. The normalized spacial score (nSPS) is 11.2. The molecule has 0 fully saturated rings. The Morgan fingerprint density at radius 1 is 1.31 bits per heavy atom. The molecule has 0 bridgehead atoms. The lowest BCUT2D eigenvalue weighted by molar-refractivity contribution is 0.601. The highest BCUT2D eigenvalue weighted by molar-refractivity contribution is 7.89. The summed E-state index contributed by atoms with van der Waals surface area (Å²) >= 11 is 0. The van der Waals surface area contributed by atoms with Crippen molar-refractivity contribution in [3.8, 4) is 0 Å². The lowest BCUT2D eigenvalue weighted by Gasteiger charge is -2.00. The molecule has 13 heavy (non-hydrogen) atoms. The molecular formula is C8H9NO3S. The SMILES string of the molecule is CS(=O)(=O)Cc1ccccc1N=O. The fraction of sp³-hybridized carbons (Fsp3) is 0.250. The Hall–Kier alpha value is -1.23. The van der Waals surface area contributed by atoms with Crippen LogP contribution in [0.25, 0.3) is 0 Å². The number of nitroso groups, excluding NO2 is 1. The second kappa shape index (κ2) is 3.66. The van der Waals surface area contributed by atoms with Gasteiger partial charge in [-0.25, -0.2) is 8.42 Å². The Labute approximate surface area is 76.5 Å². The molecule has 0 radical (unpaired) electrons. The van der Waals surface area contributed by atoms with Crippen LogP contribution in [-0.4, -0.2) is 14.7 Å². The molecule has 1 aromatic carbocycles. The molecule has 0 amide bonds. The average Bonchev–Trinajstić information content (AvgIpc) is 2.02. The van der Waals surface area contributed by atoms with Gasteiger partial charge in [-0.2, -0.15) is 0 Å². The van der Waals surface area contributed by atoms with E-state index in [4.69, 9.17) is 0 Å². The summed E-state index contributed by atoms with van der Waals surface area (Å²) in [6.07, 6.45) is 1.12. The van der Waals surface area contributed by atoms with Crippen LogP contribution in [0.4, 0.5) is 5.69 Å². The summed E-state index contributed by atoms with van der Waals surface area (Å²) in [5.74, 6) is -0.144. The van der Waals surface area contributed by atoms with Crippen molar-refractivity contribution in [2.45, 2.75) is 5.75 Å². The summed E-state index contributed by atoms with van der Waals surface area (Å²) in [7, 11) is -3.11. The largest absolute Gasteiger partial charge is 0.229 e. The van der Waals surface area contributed by atoms with E-state index in [1.807, 2.05) is 0 Å². The first-order valence-corrected chi connectivity index (χ1v) is 5.68. The summed E-state index contributed by atoms with van der Waals surface area (Å²) < 4.78 is 21.9. The van der Waals surface area contributed by atoms with E-state index in [1.54, 1.807) is 18.2 Å². The quantitative estimate of drug-likeness (QED) is 0.695. The van der Waals surface area contributed by atoms with Gasteiger partial charge < -0.3 is 0 Å². The molecule has 0 heterocycles. The van der Waals surface area contributed by atoms with Gasteiger partial charge in [-0.3, -0.25) is 0 Å². The van der Waals surface area contributed by atoms with Crippen molar-refractivity contribution in [3.05, 3.63) is 34.7 Å². The minimum absolute atomic E-state index is 0.144. The zero-order valence-corrected chi connectivity index (χ0v) is 7.91. The summed E-state index contributed by atoms with van der Waals surface area (Å²) in [5, 5.41) is 2.74. The van der Waals surface area contributed by atoms with Gasteiger partial charge in [0.2, 0.25) is 0 Å². The van der Waals surface area contributed by atoms with Gasteiger partial charge in [0.25, 0.3) is 0 Å². The van der Waals surface area contributed by atoms with Crippen LogP contribution in [-0.2, 0) is 15.6 Å². The molecule has 4 nitrogen and oxygen atoms in total. The van der Waals surface area contributed by atoms with E-state index >= 15 is 0 Å². The molecular weight excluding hydrogens is 190 g/mol. The molecule has 0 saturated heterocycles. The lowest BCUT2D eigenvalue weighted by Crippen LogP contribution is -2.00. The third-order valence-corrected chi connectivity index (χ3v) is 2.34. The van der Waals surface area contributed by atoms with Crippen LogP contribution >= 0.6 is 0 Å². The van der Waals surface area contributed by atoms with Crippen LogP contribution in [0.2, 0.25) is 0 Å². The maximum Gasteiger partial charge on any atom is 0.151 e. The van der Waals surface area contributed by atoms with Crippen molar-refractivity contribution in [1.29, 1.82) is 0 Å². The fourth-order valence-electron chi connectivity index (χ4n) is 1.00. The van der Waals surface area contributed by atoms with E-state index in [2.05, 4.69) is 5.18 Å². The summed E-state index contributed by atoms with van der Waals surface area (Å²) in [4.78, 5) is 10.3. The average molecular weight is 199 g/mol. The minimum Gasteiger partial charge on any atom is -0.229 e. The summed E-state index contributed by atoms with van der Waals surface area (Å²) in [6.45, 7) is 0. The van der Waals surface area contributed by atoms with Crippen LogP contribution in [0, 0.1) is 4.91 Å². The first kappa shape index (κ1) is 9.85. The third kappa shape index (κ3) is 2.95. The first-order chi connectivity index (χ1) is 6.03. The van der Waals surface area contributed by atoms with Gasteiger partial charge in [0, 0.05) is 6.26 Å².